The van der Waals surface area contributed by atoms with Crippen molar-refractivity contribution in [2.24, 2.45) is 11.7 Å². The molecule has 2 rings (SSSR count). The standard InChI is InChI=1S/C13H24N4/c1-2-7-17-13(3-6-15-17)11-16-8-4-12(10-14)5-9-16/h3,6,12H,2,4-5,7-11,14H2,1H3. The van der Waals surface area contributed by atoms with Gasteiger partial charge in [0, 0.05) is 19.3 Å². The minimum absolute atomic E-state index is 0.742. The smallest absolute Gasteiger partial charge is 0.0524 e. The monoisotopic (exact) mass is 236 g/mol. The fourth-order valence-corrected chi connectivity index (χ4v) is 2.52. The van der Waals surface area contributed by atoms with Crippen LogP contribution in [0.5, 0.6) is 0 Å². The van der Waals surface area contributed by atoms with Crippen molar-refractivity contribution in [3.63, 3.8) is 0 Å². The molecule has 0 unspecified atom stereocenters. The quantitative estimate of drug-likeness (QED) is 0.842. The third-order valence-corrected chi connectivity index (χ3v) is 3.67. The van der Waals surface area contributed by atoms with Crippen molar-refractivity contribution in [1.29, 1.82) is 0 Å². The number of piperidine rings is 1. The molecule has 17 heavy (non-hydrogen) atoms. The van der Waals surface area contributed by atoms with Crippen LogP contribution in [0.2, 0.25) is 0 Å². The van der Waals surface area contributed by atoms with Crippen molar-refractivity contribution in [2.75, 3.05) is 19.6 Å². The average Bonchev–Trinajstić information content (AvgIpc) is 2.78. The van der Waals surface area contributed by atoms with Crippen LogP contribution in [0.1, 0.15) is 31.9 Å². The van der Waals surface area contributed by atoms with Crippen molar-refractivity contribution in [1.82, 2.24) is 14.7 Å². The summed E-state index contributed by atoms with van der Waals surface area (Å²) in [4.78, 5) is 2.52. The maximum atomic E-state index is 5.72. The molecule has 4 nitrogen and oxygen atoms in total. The molecule has 1 aliphatic heterocycles. The molecule has 2 N–H and O–H groups in total. The van der Waals surface area contributed by atoms with Crippen LogP contribution in [0.25, 0.3) is 0 Å². The van der Waals surface area contributed by atoms with Crippen LogP contribution >= 0.6 is 0 Å². The highest BCUT2D eigenvalue weighted by atomic mass is 15.3. The summed E-state index contributed by atoms with van der Waals surface area (Å²) in [5.41, 5.74) is 7.06. The molecule has 1 aromatic heterocycles. The molecular weight excluding hydrogens is 212 g/mol. The lowest BCUT2D eigenvalue weighted by Crippen LogP contribution is -2.36. The normalized spacial score (nSPS) is 18.7. The van der Waals surface area contributed by atoms with Crippen molar-refractivity contribution in [3.05, 3.63) is 18.0 Å². The molecule has 2 heterocycles. The van der Waals surface area contributed by atoms with Crippen LogP contribution in [-0.4, -0.2) is 34.3 Å². The summed E-state index contributed by atoms with van der Waals surface area (Å²) < 4.78 is 2.13. The molecule has 0 spiro atoms. The molecule has 4 heteroatoms. The zero-order chi connectivity index (χ0) is 12.1. The van der Waals surface area contributed by atoms with Crippen LogP contribution in [0.15, 0.2) is 12.3 Å². The van der Waals surface area contributed by atoms with Gasteiger partial charge in [-0.1, -0.05) is 6.92 Å². The number of hydrogen-bond donors (Lipinski definition) is 1. The van der Waals surface area contributed by atoms with Crippen molar-refractivity contribution >= 4 is 0 Å². The average molecular weight is 236 g/mol. The van der Waals surface area contributed by atoms with E-state index in [1.807, 2.05) is 6.20 Å². The van der Waals surface area contributed by atoms with Gasteiger partial charge in [0.15, 0.2) is 0 Å². The Bertz CT molecular complexity index is 326. The lowest BCUT2D eigenvalue weighted by atomic mass is 9.97. The summed E-state index contributed by atoms with van der Waals surface area (Å²) in [6.45, 7) is 7.47. The summed E-state index contributed by atoms with van der Waals surface area (Å²) in [6.07, 6.45) is 5.55. The lowest BCUT2D eigenvalue weighted by Gasteiger charge is -2.31. The van der Waals surface area contributed by atoms with Gasteiger partial charge in [-0.05, 0) is 50.9 Å². The minimum Gasteiger partial charge on any atom is -0.330 e. The molecular formula is C13H24N4. The topological polar surface area (TPSA) is 47.1 Å². The second kappa shape index (κ2) is 6.17. The van der Waals surface area contributed by atoms with Crippen LogP contribution in [0, 0.1) is 5.92 Å². The first-order chi connectivity index (χ1) is 8.33. The van der Waals surface area contributed by atoms with Gasteiger partial charge in [-0.25, -0.2) is 0 Å². The van der Waals surface area contributed by atoms with Crippen molar-refractivity contribution < 1.29 is 0 Å². The highest BCUT2D eigenvalue weighted by Gasteiger charge is 2.18. The third-order valence-electron chi connectivity index (χ3n) is 3.67. The fraction of sp³-hybridized carbons (Fsp3) is 0.769. The number of aromatic nitrogens is 2. The highest BCUT2D eigenvalue weighted by Crippen LogP contribution is 2.17. The molecule has 1 fully saturated rings. The van der Waals surface area contributed by atoms with E-state index in [9.17, 15) is 0 Å². The number of rotatable bonds is 5. The Labute approximate surface area is 104 Å². The number of aryl methyl sites for hydroxylation is 1. The Morgan fingerprint density at radius 3 is 2.82 bits per heavy atom. The molecule has 0 aliphatic carbocycles. The zero-order valence-electron chi connectivity index (χ0n) is 10.8. The Morgan fingerprint density at radius 2 is 2.18 bits per heavy atom. The first-order valence-corrected chi connectivity index (χ1v) is 6.76. The van der Waals surface area contributed by atoms with Crippen molar-refractivity contribution in [3.8, 4) is 0 Å². The van der Waals surface area contributed by atoms with E-state index in [2.05, 4.69) is 27.7 Å². The van der Waals surface area contributed by atoms with Gasteiger partial charge in [0.1, 0.15) is 0 Å². The van der Waals surface area contributed by atoms with Gasteiger partial charge in [0.25, 0.3) is 0 Å². The van der Waals surface area contributed by atoms with Crippen LogP contribution in [0.3, 0.4) is 0 Å². The van der Waals surface area contributed by atoms with E-state index in [1.54, 1.807) is 0 Å². The maximum Gasteiger partial charge on any atom is 0.0524 e. The molecule has 1 saturated heterocycles. The zero-order valence-corrected chi connectivity index (χ0v) is 10.8. The van der Waals surface area contributed by atoms with E-state index < -0.39 is 0 Å². The predicted molar refractivity (Wildman–Crippen MR) is 69.6 cm³/mol. The second-order valence-corrected chi connectivity index (χ2v) is 5.00. The number of nitrogens with two attached hydrogens (primary N) is 1. The molecule has 1 aliphatic rings. The van der Waals surface area contributed by atoms with Crippen molar-refractivity contribution in [2.45, 2.75) is 39.3 Å². The Balaban J connectivity index is 1.86. The van der Waals surface area contributed by atoms with E-state index >= 15 is 0 Å². The molecule has 0 atom stereocenters. The summed E-state index contributed by atoms with van der Waals surface area (Å²) in [5.74, 6) is 0.742. The van der Waals surface area contributed by atoms with E-state index in [1.165, 1.54) is 31.6 Å². The minimum atomic E-state index is 0.742. The SMILES string of the molecule is CCCn1nccc1CN1CCC(CN)CC1. The largest absolute Gasteiger partial charge is 0.330 e. The molecule has 0 radical (unpaired) electrons. The number of likely N-dealkylation sites (tertiary alicyclic amines) is 1. The molecule has 0 saturated carbocycles. The number of hydrogen-bond acceptors (Lipinski definition) is 3. The predicted octanol–water partition coefficient (Wildman–Crippen LogP) is 1.46. The van der Waals surface area contributed by atoms with Gasteiger partial charge in [-0.3, -0.25) is 9.58 Å². The summed E-state index contributed by atoms with van der Waals surface area (Å²) in [7, 11) is 0. The van der Waals surface area contributed by atoms with E-state index in [0.717, 1.165) is 32.0 Å². The molecule has 96 valence electrons. The fourth-order valence-electron chi connectivity index (χ4n) is 2.52. The first-order valence-electron chi connectivity index (χ1n) is 6.76. The van der Waals surface area contributed by atoms with Gasteiger partial charge in [0.2, 0.25) is 0 Å². The Morgan fingerprint density at radius 1 is 1.41 bits per heavy atom. The maximum absolute atomic E-state index is 5.72. The summed E-state index contributed by atoms with van der Waals surface area (Å²) in [6, 6.07) is 2.14. The molecule has 1 aromatic rings. The first kappa shape index (κ1) is 12.6. The van der Waals surface area contributed by atoms with Crippen LogP contribution in [0.4, 0.5) is 0 Å². The van der Waals surface area contributed by atoms with E-state index in [4.69, 9.17) is 5.73 Å². The molecule has 0 amide bonds. The molecule has 0 aromatic carbocycles. The van der Waals surface area contributed by atoms with Gasteiger partial charge in [-0.2, -0.15) is 5.10 Å². The number of nitrogens with zero attached hydrogens (tertiary/aromatic N) is 3. The van der Waals surface area contributed by atoms with Gasteiger partial charge in [0.05, 0.1) is 5.69 Å². The van der Waals surface area contributed by atoms with Gasteiger partial charge in [-0.15, -0.1) is 0 Å². The van der Waals surface area contributed by atoms with E-state index in [0.29, 0.717) is 0 Å². The summed E-state index contributed by atoms with van der Waals surface area (Å²) in [5, 5.41) is 4.37. The Hall–Kier alpha value is -0.870. The summed E-state index contributed by atoms with van der Waals surface area (Å²) >= 11 is 0. The molecule has 0 bridgehead atoms. The van der Waals surface area contributed by atoms with Crippen LogP contribution < -0.4 is 5.73 Å². The highest BCUT2D eigenvalue weighted by molar-refractivity contribution is 5.00. The second-order valence-electron chi connectivity index (χ2n) is 5.00. The lowest BCUT2D eigenvalue weighted by molar-refractivity contribution is 0.176. The van der Waals surface area contributed by atoms with Gasteiger partial charge < -0.3 is 5.73 Å². The Kier molecular flexibility index (Phi) is 4.57. The van der Waals surface area contributed by atoms with Gasteiger partial charge >= 0.3 is 0 Å². The van der Waals surface area contributed by atoms with Crippen LogP contribution in [-0.2, 0) is 13.1 Å². The van der Waals surface area contributed by atoms with E-state index in [-0.39, 0.29) is 0 Å². The third kappa shape index (κ3) is 3.30.